The van der Waals surface area contributed by atoms with Gasteiger partial charge in [0.25, 0.3) is 5.91 Å². The number of benzene rings is 1. The van der Waals surface area contributed by atoms with Crippen LogP contribution in [0.4, 0.5) is 0 Å². The fourth-order valence-electron chi connectivity index (χ4n) is 4.13. The van der Waals surface area contributed by atoms with E-state index in [0.717, 1.165) is 50.9 Å². The molecule has 2 aromatic rings. The number of para-hydroxylation sites is 1. The van der Waals surface area contributed by atoms with Gasteiger partial charge in [-0.3, -0.25) is 4.79 Å². The Hall–Kier alpha value is -2.14. The van der Waals surface area contributed by atoms with E-state index < -0.39 is 0 Å². The number of hydrogen-bond donors (Lipinski definition) is 0. The topological polar surface area (TPSA) is 41.4 Å². The van der Waals surface area contributed by atoms with Crippen molar-refractivity contribution in [3.05, 3.63) is 47.3 Å². The van der Waals surface area contributed by atoms with Crippen LogP contribution in [0.25, 0.3) is 5.69 Å². The lowest BCUT2D eigenvalue weighted by atomic mass is 10.0. The highest BCUT2D eigenvalue weighted by Crippen LogP contribution is 2.29. The number of hydrogen-bond acceptors (Lipinski definition) is 3. The van der Waals surface area contributed by atoms with Gasteiger partial charge in [-0.15, -0.1) is 0 Å². The predicted molar refractivity (Wildman–Crippen MR) is 98.2 cm³/mol. The summed E-state index contributed by atoms with van der Waals surface area (Å²) in [5, 5.41) is 4.75. The minimum Gasteiger partial charge on any atom is -0.337 e. The van der Waals surface area contributed by atoms with Gasteiger partial charge in [0, 0.05) is 30.4 Å². The first-order valence-corrected chi connectivity index (χ1v) is 9.27. The Morgan fingerprint density at radius 1 is 1.12 bits per heavy atom. The molecule has 4 rings (SSSR count). The van der Waals surface area contributed by atoms with Gasteiger partial charge in [0.2, 0.25) is 0 Å². The summed E-state index contributed by atoms with van der Waals surface area (Å²) >= 11 is 0. The van der Waals surface area contributed by atoms with Crippen LogP contribution >= 0.6 is 0 Å². The molecule has 25 heavy (non-hydrogen) atoms. The van der Waals surface area contributed by atoms with Gasteiger partial charge in [0.05, 0.1) is 5.69 Å². The highest BCUT2D eigenvalue weighted by molar-refractivity contribution is 5.94. The Kier molecular flexibility index (Phi) is 4.34. The van der Waals surface area contributed by atoms with E-state index >= 15 is 0 Å². The van der Waals surface area contributed by atoms with Crippen molar-refractivity contribution in [1.82, 2.24) is 19.6 Å². The number of rotatable bonds is 3. The molecule has 0 spiro atoms. The van der Waals surface area contributed by atoms with Crippen molar-refractivity contribution in [2.75, 3.05) is 27.2 Å². The third-order valence-electron chi connectivity index (χ3n) is 5.62. The van der Waals surface area contributed by atoms with Crippen molar-refractivity contribution in [2.24, 2.45) is 0 Å². The quantitative estimate of drug-likeness (QED) is 0.863. The minimum absolute atomic E-state index is 0.116. The van der Waals surface area contributed by atoms with Crippen molar-refractivity contribution in [3.63, 3.8) is 0 Å². The van der Waals surface area contributed by atoms with Crippen molar-refractivity contribution in [1.29, 1.82) is 0 Å². The first-order chi connectivity index (χ1) is 12.1. The summed E-state index contributed by atoms with van der Waals surface area (Å²) in [6.45, 7) is 1.66. The number of nitrogens with zero attached hydrogens (tertiary/aromatic N) is 4. The van der Waals surface area contributed by atoms with Crippen LogP contribution in [0.3, 0.4) is 0 Å². The van der Waals surface area contributed by atoms with Gasteiger partial charge in [-0.05, 0) is 58.3 Å². The zero-order valence-electron chi connectivity index (χ0n) is 15.1. The van der Waals surface area contributed by atoms with Crippen molar-refractivity contribution < 1.29 is 4.79 Å². The van der Waals surface area contributed by atoms with Gasteiger partial charge in [-0.2, -0.15) is 5.10 Å². The largest absolute Gasteiger partial charge is 0.337 e. The fourth-order valence-corrected chi connectivity index (χ4v) is 4.13. The van der Waals surface area contributed by atoms with Gasteiger partial charge in [0.1, 0.15) is 0 Å². The van der Waals surface area contributed by atoms with Gasteiger partial charge >= 0.3 is 0 Å². The zero-order valence-corrected chi connectivity index (χ0v) is 15.1. The molecule has 0 N–H and O–H groups in total. The van der Waals surface area contributed by atoms with Crippen LogP contribution in [0, 0.1) is 0 Å². The third-order valence-corrected chi connectivity index (χ3v) is 5.62. The summed E-state index contributed by atoms with van der Waals surface area (Å²) in [6.07, 6.45) is 5.17. The van der Waals surface area contributed by atoms with E-state index in [4.69, 9.17) is 5.10 Å². The molecule has 0 bridgehead atoms. The molecule has 0 atom stereocenters. The molecule has 1 fully saturated rings. The average Bonchev–Trinajstić information content (AvgIpc) is 3.24. The molecule has 0 radical (unpaired) electrons. The first kappa shape index (κ1) is 16.3. The number of fused-ring (bicyclic) bond motifs is 1. The normalized spacial score (nSPS) is 18.0. The van der Waals surface area contributed by atoms with E-state index in [9.17, 15) is 4.79 Å². The van der Waals surface area contributed by atoms with Crippen LogP contribution in [0.5, 0.6) is 0 Å². The van der Waals surface area contributed by atoms with Gasteiger partial charge in [0.15, 0.2) is 5.69 Å². The third kappa shape index (κ3) is 2.97. The highest BCUT2D eigenvalue weighted by atomic mass is 16.2. The predicted octanol–water partition coefficient (Wildman–Crippen LogP) is 2.53. The van der Waals surface area contributed by atoms with E-state index in [1.165, 1.54) is 11.3 Å². The second-order valence-corrected chi connectivity index (χ2v) is 7.36. The molecule has 1 amide bonds. The second kappa shape index (κ2) is 6.64. The van der Waals surface area contributed by atoms with Gasteiger partial charge in [-0.1, -0.05) is 18.2 Å². The van der Waals surface area contributed by atoms with E-state index in [2.05, 4.69) is 31.1 Å². The van der Waals surface area contributed by atoms with E-state index in [-0.39, 0.29) is 5.91 Å². The van der Waals surface area contributed by atoms with E-state index in [1.54, 1.807) is 0 Å². The molecule has 132 valence electrons. The first-order valence-electron chi connectivity index (χ1n) is 9.27. The smallest absolute Gasteiger partial charge is 0.274 e. The standard InChI is InChI=1S/C20H26N4O/c1-22(2)15-11-13-23(14-12-15)20(25)19-17-9-6-10-18(17)24(21-19)16-7-4-3-5-8-16/h3-5,7-8,15H,6,9-14H2,1-2H3. The molecule has 5 heteroatoms. The molecule has 1 aliphatic heterocycles. The zero-order chi connectivity index (χ0) is 17.4. The Morgan fingerprint density at radius 3 is 2.52 bits per heavy atom. The van der Waals surface area contributed by atoms with Crippen LogP contribution in [0.2, 0.25) is 0 Å². The minimum atomic E-state index is 0.116. The van der Waals surface area contributed by atoms with Crippen LogP contribution in [0.15, 0.2) is 30.3 Å². The van der Waals surface area contributed by atoms with Gasteiger partial charge in [-0.25, -0.2) is 4.68 Å². The molecular weight excluding hydrogens is 312 g/mol. The second-order valence-electron chi connectivity index (χ2n) is 7.36. The SMILES string of the molecule is CN(C)C1CCN(C(=O)c2nn(-c3ccccc3)c3c2CCC3)CC1. The summed E-state index contributed by atoms with van der Waals surface area (Å²) in [6, 6.07) is 10.7. The number of amides is 1. The average molecular weight is 338 g/mol. The van der Waals surface area contributed by atoms with Gasteiger partial charge < -0.3 is 9.80 Å². The molecule has 2 heterocycles. The number of piperidine rings is 1. The van der Waals surface area contributed by atoms with Crippen LogP contribution in [0.1, 0.15) is 41.0 Å². The maximum atomic E-state index is 13.1. The summed E-state index contributed by atoms with van der Waals surface area (Å²) < 4.78 is 1.99. The van der Waals surface area contributed by atoms with Crippen molar-refractivity contribution in [2.45, 2.75) is 38.1 Å². The number of carbonyl (C=O) groups excluding carboxylic acids is 1. The monoisotopic (exact) mass is 338 g/mol. The summed E-state index contributed by atoms with van der Waals surface area (Å²) in [4.78, 5) is 17.4. The summed E-state index contributed by atoms with van der Waals surface area (Å²) in [5.41, 5.74) is 4.12. The maximum absolute atomic E-state index is 13.1. The van der Waals surface area contributed by atoms with Crippen molar-refractivity contribution in [3.8, 4) is 5.69 Å². The Balaban J connectivity index is 1.60. The molecule has 1 saturated heterocycles. The van der Waals surface area contributed by atoms with Crippen molar-refractivity contribution >= 4 is 5.91 Å². The van der Waals surface area contributed by atoms with E-state index in [1.807, 2.05) is 27.8 Å². The highest BCUT2D eigenvalue weighted by Gasteiger charge is 2.31. The Labute approximate surface area is 149 Å². The maximum Gasteiger partial charge on any atom is 0.274 e. The van der Waals surface area contributed by atoms with Crippen LogP contribution < -0.4 is 0 Å². The lowest BCUT2D eigenvalue weighted by molar-refractivity contribution is 0.0656. The lowest BCUT2D eigenvalue weighted by Crippen LogP contribution is -2.44. The number of carbonyl (C=O) groups is 1. The molecular formula is C20H26N4O. The molecule has 5 nitrogen and oxygen atoms in total. The number of likely N-dealkylation sites (tertiary alicyclic amines) is 1. The summed E-state index contributed by atoms with van der Waals surface area (Å²) in [7, 11) is 4.24. The molecule has 1 aromatic heterocycles. The molecule has 0 unspecified atom stereocenters. The van der Waals surface area contributed by atoms with Crippen LogP contribution in [-0.2, 0) is 12.8 Å². The Morgan fingerprint density at radius 2 is 1.84 bits per heavy atom. The lowest BCUT2D eigenvalue weighted by Gasteiger charge is -2.35. The Bertz CT molecular complexity index is 758. The van der Waals surface area contributed by atoms with E-state index in [0.29, 0.717) is 11.7 Å². The van der Waals surface area contributed by atoms with Crippen LogP contribution in [-0.4, -0.2) is 58.7 Å². The summed E-state index contributed by atoms with van der Waals surface area (Å²) in [5.74, 6) is 0.116. The molecule has 1 aliphatic carbocycles. The molecule has 1 aromatic carbocycles. The molecule has 0 saturated carbocycles. The number of aromatic nitrogens is 2. The molecule has 2 aliphatic rings. The fraction of sp³-hybridized carbons (Fsp3) is 0.500.